The fourth-order valence-electron chi connectivity index (χ4n) is 4.01. The lowest BCUT2D eigenvalue weighted by Gasteiger charge is -2.34. The third-order valence-electron chi connectivity index (χ3n) is 5.59. The molecule has 0 saturated heterocycles. The van der Waals surface area contributed by atoms with Gasteiger partial charge in [0.1, 0.15) is 5.75 Å². The van der Waals surface area contributed by atoms with Crippen molar-refractivity contribution in [2.24, 2.45) is 0 Å². The highest BCUT2D eigenvalue weighted by atomic mass is 16.5. The molecule has 5 nitrogen and oxygen atoms in total. The molecule has 1 aliphatic carbocycles. The largest absolute Gasteiger partial charge is 0.494 e. The van der Waals surface area contributed by atoms with Crippen molar-refractivity contribution in [1.82, 2.24) is 9.88 Å². The monoisotopic (exact) mass is 384 g/mol. The van der Waals surface area contributed by atoms with E-state index in [9.17, 15) is 9.59 Å². The molecular weight excluding hydrogens is 352 g/mol. The van der Waals surface area contributed by atoms with Crippen LogP contribution in [-0.4, -0.2) is 35.0 Å². The number of nitrogens with zero attached hydrogens (tertiary/aromatic N) is 1. The SMILES string of the molecule is CCCCN(C(=O)CCCOc1ccc2[nH]c(=O)ccc2c1)C1CCCCC1. The van der Waals surface area contributed by atoms with Gasteiger partial charge in [-0.2, -0.15) is 0 Å². The van der Waals surface area contributed by atoms with Gasteiger partial charge in [-0.25, -0.2) is 0 Å². The average molecular weight is 385 g/mol. The summed E-state index contributed by atoms with van der Waals surface area (Å²) in [6.45, 7) is 3.59. The van der Waals surface area contributed by atoms with E-state index in [-0.39, 0.29) is 11.5 Å². The normalized spacial score (nSPS) is 14.9. The topological polar surface area (TPSA) is 62.4 Å². The van der Waals surface area contributed by atoms with Crippen LogP contribution in [-0.2, 0) is 4.79 Å². The van der Waals surface area contributed by atoms with E-state index in [1.54, 1.807) is 6.07 Å². The van der Waals surface area contributed by atoms with Crippen LogP contribution in [0.1, 0.15) is 64.7 Å². The molecule has 0 aliphatic heterocycles. The maximum absolute atomic E-state index is 12.8. The molecule has 1 fully saturated rings. The van der Waals surface area contributed by atoms with Crippen LogP contribution in [0.15, 0.2) is 35.1 Å². The van der Waals surface area contributed by atoms with Crippen LogP contribution in [0.5, 0.6) is 5.75 Å². The van der Waals surface area contributed by atoms with Gasteiger partial charge in [-0.1, -0.05) is 32.6 Å². The Labute approximate surface area is 167 Å². The third kappa shape index (κ3) is 5.60. The van der Waals surface area contributed by atoms with E-state index in [4.69, 9.17) is 4.74 Å². The molecule has 1 aromatic heterocycles. The number of hydrogen-bond donors (Lipinski definition) is 1. The number of nitrogens with one attached hydrogen (secondary N) is 1. The fourth-order valence-corrected chi connectivity index (χ4v) is 4.01. The van der Waals surface area contributed by atoms with Gasteiger partial charge in [0.2, 0.25) is 11.5 Å². The molecule has 0 radical (unpaired) electrons. The highest BCUT2D eigenvalue weighted by Crippen LogP contribution is 2.24. The molecule has 1 saturated carbocycles. The van der Waals surface area contributed by atoms with Gasteiger partial charge in [0.25, 0.3) is 0 Å². The van der Waals surface area contributed by atoms with Crippen LogP contribution in [0.4, 0.5) is 0 Å². The third-order valence-corrected chi connectivity index (χ3v) is 5.59. The summed E-state index contributed by atoms with van der Waals surface area (Å²) in [6, 6.07) is 9.38. The van der Waals surface area contributed by atoms with Crippen LogP contribution in [0.3, 0.4) is 0 Å². The van der Waals surface area contributed by atoms with E-state index in [0.29, 0.717) is 19.1 Å². The number of rotatable bonds is 9. The van der Waals surface area contributed by atoms with Gasteiger partial charge in [-0.15, -0.1) is 0 Å². The van der Waals surface area contributed by atoms with Crippen LogP contribution in [0, 0.1) is 0 Å². The minimum absolute atomic E-state index is 0.106. The lowest BCUT2D eigenvalue weighted by atomic mass is 9.93. The van der Waals surface area contributed by atoms with Gasteiger partial charge >= 0.3 is 0 Å². The Kier molecular flexibility index (Phi) is 7.52. The Morgan fingerprint density at radius 3 is 2.75 bits per heavy atom. The minimum atomic E-state index is -0.106. The number of carbonyl (C=O) groups is 1. The summed E-state index contributed by atoms with van der Waals surface area (Å²) < 4.78 is 5.84. The van der Waals surface area contributed by atoms with Crippen LogP contribution >= 0.6 is 0 Å². The molecule has 152 valence electrons. The molecule has 1 aliphatic rings. The second kappa shape index (κ2) is 10.3. The summed E-state index contributed by atoms with van der Waals surface area (Å²) in [5.41, 5.74) is 0.694. The van der Waals surface area contributed by atoms with Gasteiger partial charge in [-0.3, -0.25) is 9.59 Å². The molecule has 28 heavy (non-hydrogen) atoms. The average Bonchev–Trinajstić information content (AvgIpc) is 2.72. The van der Waals surface area contributed by atoms with Gasteiger partial charge in [0.05, 0.1) is 6.61 Å². The zero-order valence-electron chi connectivity index (χ0n) is 16.9. The second-order valence-electron chi connectivity index (χ2n) is 7.76. The zero-order valence-corrected chi connectivity index (χ0v) is 16.9. The highest BCUT2D eigenvalue weighted by Gasteiger charge is 2.24. The van der Waals surface area contributed by atoms with Gasteiger partial charge in [0.15, 0.2) is 0 Å². The summed E-state index contributed by atoms with van der Waals surface area (Å²) in [5.74, 6) is 1.04. The van der Waals surface area contributed by atoms with E-state index in [1.807, 2.05) is 18.2 Å². The summed E-state index contributed by atoms with van der Waals surface area (Å²) >= 11 is 0. The predicted octanol–water partition coefficient (Wildman–Crippen LogP) is 4.65. The second-order valence-corrected chi connectivity index (χ2v) is 7.76. The molecule has 5 heteroatoms. The Balaban J connectivity index is 1.49. The number of benzene rings is 1. The van der Waals surface area contributed by atoms with Crippen molar-refractivity contribution in [2.75, 3.05) is 13.2 Å². The first-order valence-corrected chi connectivity index (χ1v) is 10.7. The Morgan fingerprint density at radius 2 is 1.96 bits per heavy atom. The summed E-state index contributed by atoms with van der Waals surface area (Å²) in [4.78, 5) is 29.1. The number of hydrogen-bond acceptors (Lipinski definition) is 3. The number of ether oxygens (including phenoxy) is 1. The van der Waals surface area contributed by atoms with E-state index in [1.165, 1.54) is 25.3 Å². The molecule has 1 heterocycles. The predicted molar refractivity (Wildman–Crippen MR) is 113 cm³/mol. The van der Waals surface area contributed by atoms with Crippen molar-refractivity contribution < 1.29 is 9.53 Å². The lowest BCUT2D eigenvalue weighted by Crippen LogP contribution is -2.42. The number of fused-ring (bicyclic) bond motifs is 1. The molecule has 0 spiro atoms. The minimum Gasteiger partial charge on any atom is -0.494 e. The standard InChI is InChI=1S/C23H32N2O3/c1-2-3-15-25(19-8-5-4-6-9-19)23(27)10-7-16-28-20-12-13-21-18(17-20)11-14-22(26)24-21/h11-14,17,19H,2-10,15-16H2,1H3,(H,24,26). The first kappa shape index (κ1) is 20.4. The van der Waals surface area contributed by atoms with Crippen LogP contribution < -0.4 is 10.3 Å². The number of carbonyl (C=O) groups excluding carboxylic acids is 1. The Morgan fingerprint density at radius 1 is 1.14 bits per heavy atom. The van der Waals surface area contributed by atoms with Crippen molar-refractivity contribution in [1.29, 1.82) is 0 Å². The van der Waals surface area contributed by atoms with Gasteiger partial charge in [0, 0.05) is 36.0 Å². The van der Waals surface area contributed by atoms with Crippen LogP contribution in [0.25, 0.3) is 10.9 Å². The summed E-state index contributed by atoms with van der Waals surface area (Å²) in [6.07, 6.45) is 9.58. The quantitative estimate of drug-likeness (QED) is 0.640. The van der Waals surface area contributed by atoms with Crippen molar-refractivity contribution in [3.63, 3.8) is 0 Å². The van der Waals surface area contributed by atoms with Gasteiger partial charge in [-0.05, 0) is 49.9 Å². The van der Waals surface area contributed by atoms with Crippen molar-refractivity contribution in [3.8, 4) is 5.75 Å². The maximum atomic E-state index is 12.8. The van der Waals surface area contributed by atoms with Crippen LogP contribution in [0.2, 0.25) is 0 Å². The number of H-pyrrole nitrogens is 1. The van der Waals surface area contributed by atoms with Crippen molar-refractivity contribution in [2.45, 2.75) is 70.8 Å². The van der Waals surface area contributed by atoms with E-state index < -0.39 is 0 Å². The molecular formula is C23H32N2O3. The number of amides is 1. The summed E-state index contributed by atoms with van der Waals surface area (Å²) in [7, 11) is 0. The van der Waals surface area contributed by atoms with E-state index in [2.05, 4.69) is 16.8 Å². The zero-order chi connectivity index (χ0) is 19.8. The first-order chi connectivity index (χ1) is 13.7. The molecule has 2 aromatic rings. The molecule has 0 unspecified atom stereocenters. The number of unbranched alkanes of at least 4 members (excludes halogenated alkanes) is 1. The molecule has 3 rings (SSSR count). The van der Waals surface area contributed by atoms with E-state index in [0.717, 1.165) is 55.3 Å². The molecule has 0 atom stereocenters. The molecule has 0 bridgehead atoms. The molecule has 1 amide bonds. The van der Waals surface area contributed by atoms with Crippen molar-refractivity contribution >= 4 is 16.8 Å². The fraction of sp³-hybridized carbons (Fsp3) is 0.565. The molecule has 1 N–H and O–H groups in total. The first-order valence-electron chi connectivity index (χ1n) is 10.7. The molecule has 1 aromatic carbocycles. The summed E-state index contributed by atoms with van der Waals surface area (Å²) in [5, 5.41) is 0.941. The number of aromatic amines is 1. The lowest BCUT2D eigenvalue weighted by molar-refractivity contribution is -0.134. The number of aromatic nitrogens is 1. The maximum Gasteiger partial charge on any atom is 0.248 e. The van der Waals surface area contributed by atoms with E-state index >= 15 is 0 Å². The Bertz CT molecular complexity index is 824. The smallest absolute Gasteiger partial charge is 0.248 e. The van der Waals surface area contributed by atoms with Crippen molar-refractivity contribution in [3.05, 3.63) is 40.7 Å². The Hall–Kier alpha value is -2.30. The highest BCUT2D eigenvalue weighted by molar-refractivity contribution is 5.79. The van der Waals surface area contributed by atoms with Gasteiger partial charge < -0.3 is 14.6 Å². The number of pyridine rings is 1.